The summed E-state index contributed by atoms with van der Waals surface area (Å²) in [5.74, 6) is 0. The normalized spacial score (nSPS) is 14.6. The Kier molecular flexibility index (Phi) is 7.08. The predicted octanol–water partition coefficient (Wildman–Crippen LogP) is 19.5. The van der Waals surface area contributed by atoms with E-state index in [1.54, 1.807) is 0 Å². The van der Waals surface area contributed by atoms with E-state index < -0.39 is 10.8 Å². The van der Waals surface area contributed by atoms with Crippen molar-refractivity contribution >= 4 is 109 Å². The first-order chi connectivity index (χ1) is 35.2. The molecule has 338 valence electrons. The third kappa shape index (κ3) is 4.65. The van der Waals surface area contributed by atoms with Crippen LogP contribution in [0.1, 0.15) is 49.9 Å². The second-order valence-electron chi connectivity index (χ2n) is 21.3. The van der Waals surface area contributed by atoms with Crippen LogP contribution in [0.5, 0.6) is 0 Å². The zero-order chi connectivity index (χ0) is 47.5. The van der Waals surface area contributed by atoms with Gasteiger partial charge in [-0.05, 0) is 126 Å². The van der Waals surface area contributed by atoms with Crippen molar-refractivity contribution in [3.8, 4) is 44.5 Å². The zero-order valence-corrected chi connectivity index (χ0v) is 40.0. The molecule has 0 aliphatic heterocycles. The fourth-order valence-corrected chi connectivity index (χ4v) is 14.0. The first-order valence-corrected chi connectivity index (χ1v) is 25.1. The van der Waals surface area contributed by atoms with Crippen LogP contribution in [-0.2, 0) is 10.8 Å². The van der Waals surface area contributed by atoms with Gasteiger partial charge in [-0.1, -0.05) is 161 Å². The lowest BCUT2D eigenvalue weighted by molar-refractivity contribution is 0.601. The standard InChI is InChI=1S/C68H42O4/c1-67(2)49-31-47(45-33-55-57(37-19-7-5-17-35(37)45)39-21-9-13-25-51(39)69-55)65-61(41-23-11-15-27-53(41)71-65)59(49)43-29-30-44-60-50(68(3,4)64(44)63(43)67)32-48(66-62(60)42-24-12-16-28-54(42)72-66)46-34-56-58(38-20-8-6-18-36(38)46)40-22-10-14-26-52(40)70-56/h5-34H,1-4H3. The Balaban J connectivity index is 0.950. The van der Waals surface area contributed by atoms with Crippen LogP contribution in [-0.4, -0.2) is 0 Å². The maximum Gasteiger partial charge on any atom is 0.143 e. The van der Waals surface area contributed by atoms with Gasteiger partial charge in [0.15, 0.2) is 0 Å². The molecule has 17 rings (SSSR count). The molecule has 0 atom stereocenters. The third-order valence-corrected chi connectivity index (χ3v) is 17.0. The van der Waals surface area contributed by atoms with Crippen LogP contribution in [0.15, 0.2) is 200 Å². The molecule has 0 fully saturated rings. The molecule has 4 aromatic heterocycles. The molecule has 0 N–H and O–H groups in total. The number of hydrogen-bond acceptors (Lipinski definition) is 4. The van der Waals surface area contributed by atoms with E-state index in [0.29, 0.717) is 0 Å². The molecule has 0 unspecified atom stereocenters. The summed E-state index contributed by atoms with van der Waals surface area (Å²) in [6, 6.07) is 65.7. The van der Waals surface area contributed by atoms with Crippen molar-refractivity contribution in [2.24, 2.45) is 0 Å². The van der Waals surface area contributed by atoms with E-state index in [2.05, 4.69) is 198 Å². The smallest absolute Gasteiger partial charge is 0.143 e. The van der Waals surface area contributed by atoms with Gasteiger partial charge in [-0.3, -0.25) is 0 Å². The molecule has 0 radical (unpaired) electrons. The summed E-state index contributed by atoms with van der Waals surface area (Å²) >= 11 is 0. The highest BCUT2D eigenvalue weighted by atomic mass is 16.3. The molecular weight excluding hydrogens is 881 g/mol. The van der Waals surface area contributed by atoms with Crippen LogP contribution in [0.3, 0.4) is 0 Å². The van der Waals surface area contributed by atoms with Crippen LogP contribution in [0.25, 0.3) is 154 Å². The second kappa shape index (κ2) is 13.1. The van der Waals surface area contributed by atoms with E-state index >= 15 is 0 Å². The maximum atomic E-state index is 7.11. The van der Waals surface area contributed by atoms with Crippen molar-refractivity contribution in [1.29, 1.82) is 0 Å². The largest absolute Gasteiger partial charge is 0.456 e. The molecule has 4 heterocycles. The highest BCUT2D eigenvalue weighted by molar-refractivity contribution is 6.28. The van der Waals surface area contributed by atoms with Crippen molar-refractivity contribution in [2.45, 2.75) is 38.5 Å². The lowest BCUT2D eigenvalue weighted by Crippen LogP contribution is -2.24. The Hall–Kier alpha value is -8.86. The number of para-hydroxylation sites is 4. The van der Waals surface area contributed by atoms with Gasteiger partial charge in [0, 0.05) is 65.0 Å². The van der Waals surface area contributed by atoms with E-state index in [0.717, 1.165) is 110 Å². The van der Waals surface area contributed by atoms with Gasteiger partial charge in [0.2, 0.25) is 0 Å². The summed E-state index contributed by atoms with van der Waals surface area (Å²) in [5, 5.41) is 13.8. The van der Waals surface area contributed by atoms with Gasteiger partial charge in [0.1, 0.15) is 44.7 Å². The molecule has 0 saturated heterocycles. The number of rotatable bonds is 2. The first kappa shape index (κ1) is 38.9. The average molecular weight is 923 g/mol. The molecule has 0 spiro atoms. The molecule has 0 bridgehead atoms. The minimum atomic E-state index is -0.404. The van der Waals surface area contributed by atoms with Gasteiger partial charge in [0.05, 0.1) is 0 Å². The van der Waals surface area contributed by atoms with E-state index in [1.165, 1.54) is 66.1 Å². The summed E-state index contributed by atoms with van der Waals surface area (Å²) in [7, 11) is 0. The van der Waals surface area contributed by atoms with Gasteiger partial charge in [-0.2, -0.15) is 0 Å². The molecular formula is C68H42O4. The van der Waals surface area contributed by atoms with Gasteiger partial charge in [-0.25, -0.2) is 0 Å². The fraction of sp³-hybridized carbons (Fsp3) is 0.0882. The summed E-state index contributed by atoms with van der Waals surface area (Å²) in [4.78, 5) is 0. The molecule has 11 aromatic carbocycles. The lowest BCUT2D eigenvalue weighted by atomic mass is 9.72. The Morgan fingerprint density at radius 2 is 0.583 bits per heavy atom. The molecule has 0 amide bonds. The molecule has 2 aliphatic rings. The van der Waals surface area contributed by atoms with E-state index in [4.69, 9.17) is 17.7 Å². The van der Waals surface area contributed by atoms with E-state index in [-0.39, 0.29) is 0 Å². The Bertz CT molecular complexity index is 4670. The predicted molar refractivity (Wildman–Crippen MR) is 297 cm³/mol. The summed E-state index contributed by atoms with van der Waals surface area (Å²) in [5.41, 5.74) is 21.0. The van der Waals surface area contributed by atoms with Crippen molar-refractivity contribution in [3.05, 3.63) is 204 Å². The van der Waals surface area contributed by atoms with Crippen molar-refractivity contribution in [2.75, 3.05) is 0 Å². The molecule has 15 aromatic rings. The molecule has 2 aliphatic carbocycles. The van der Waals surface area contributed by atoms with Crippen LogP contribution in [0.2, 0.25) is 0 Å². The van der Waals surface area contributed by atoms with E-state index in [9.17, 15) is 0 Å². The Morgan fingerprint density at radius 3 is 0.972 bits per heavy atom. The number of hydrogen-bond donors (Lipinski definition) is 0. The van der Waals surface area contributed by atoms with Gasteiger partial charge < -0.3 is 17.7 Å². The maximum absolute atomic E-state index is 7.11. The second-order valence-corrected chi connectivity index (χ2v) is 21.3. The molecule has 4 nitrogen and oxygen atoms in total. The molecule has 0 saturated carbocycles. The van der Waals surface area contributed by atoms with Crippen LogP contribution in [0.4, 0.5) is 0 Å². The summed E-state index contributed by atoms with van der Waals surface area (Å²) < 4.78 is 27.6. The zero-order valence-electron chi connectivity index (χ0n) is 40.0. The average Bonchev–Trinajstić information content (AvgIpc) is 4.25. The topological polar surface area (TPSA) is 52.6 Å². The quantitative estimate of drug-likeness (QED) is 0.173. The number of fused-ring (bicyclic) bond motifs is 25. The number of benzene rings is 11. The van der Waals surface area contributed by atoms with Crippen molar-refractivity contribution in [3.63, 3.8) is 0 Å². The van der Waals surface area contributed by atoms with Gasteiger partial charge in [0.25, 0.3) is 0 Å². The minimum absolute atomic E-state index is 0.404. The van der Waals surface area contributed by atoms with Crippen LogP contribution >= 0.6 is 0 Å². The minimum Gasteiger partial charge on any atom is -0.456 e. The molecule has 72 heavy (non-hydrogen) atoms. The first-order valence-electron chi connectivity index (χ1n) is 25.1. The Labute approximate surface area is 412 Å². The van der Waals surface area contributed by atoms with Gasteiger partial charge >= 0.3 is 0 Å². The third-order valence-electron chi connectivity index (χ3n) is 17.0. The SMILES string of the molecule is CC1(C)c2cc(-c3cc4oc5ccccc5c4c4ccccc34)c3oc4ccccc4c3c2-c2ccc3c(c21)C(C)(C)c1cc(-c2cc4oc5ccccc5c4c4ccccc24)c2oc4ccccc4c2c1-3. The highest BCUT2D eigenvalue weighted by Crippen LogP contribution is 2.64. The molecule has 4 heteroatoms. The summed E-state index contributed by atoms with van der Waals surface area (Å²) in [6.07, 6.45) is 0. The summed E-state index contributed by atoms with van der Waals surface area (Å²) in [6.45, 7) is 9.77. The monoisotopic (exact) mass is 922 g/mol. The highest BCUT2D eigenvalue weighted by Gasteiger charge is 2.48. The lowest BCUT2D eigenvalue weighted by Gasteiger charge is -2.31. The van der Waals surface area contributed by atoms with E-state index in [1.807, 2.05) is 12.1 Å². The van der Waals surface area contributed by atoms with Crippen LogP contribution < -0.4 is 0 Å². The Morgan fingerprint density at radius 1 is 0.264 bits per heavy atom. The fourth-order valence-electron chi connectivity index (χ4n) is 14.0. The van der Waals surface area contributed by atoms with Crippen LogP contribution in [0, 0.1) is 0 Å². The van der Waals surface area contributed by atoms with Crippen molar-refractivity contribution < 1.29 is 17.7 Å². The number of furan rings is 4. The van der Waals surface area contributed by atoms with Crippen molar-refractivity contribution in [1.82, 2.24) is 0 Å². The van der Waals surface area contributed by atoms with Gasteiger partial charge in [-0.15, -0.1) is 0 Å².